The highest BCUT2D eigenvalue weighted by molar-refractivity contribution is 5.86. The predicted octanol–water partition coefficient (Wildman–Crippen LogP) is 2.34. The summed E-state index contributed by atoms with van der Waals surface area (Å²) in [6, 6.07) is 11.1. The Morgan fingerprint density at radius 1 is 1.29 bits per heavy atom. The summed E-state index contributed by atoms with van der Waals surface area (Å²) in [7, 11) is 0. The molecule has 0 saturated carbocycles. The van der Waals surface area contributed by atoms with Gasteiger partial charge in [-0.2, -0.15) is 5.10 Å². The molecule has 21 heavy (non-hydrogen) atoms. The van der Waals surface area contributed by atoms with E-state index in [0.29, 0.717) is 0 Å². The second-order valence-electron chi connectivity index (χ2n) is 4.75. The number of hydrogen-bond acceptors (Lipinski definition) is 4. The van der Waals surface area contributed by atoms with E-state index in [4.69, 9.17) is 0 Å². The summed E-state index contributed by atoms with van der Waals surface area (Å²) in [4.78, 5) is 15.8. The van der Waals surface area contributed by atoms with Crippen molar-refractivity contribution in [2.45, 2.75) is 19.9 Å². The van der Waals surface area contributed by atoms with Crippen LogP contribution in [0, 0.1) is 6.92 Å². The molecule has 1 aromatic carbocycles. The summed E-state index contributed by atoms with van der Waals surface area (Å²) >= 11 is 0. The van der Waals surface area contributed by atoms with Crippen LogP contribution in [-0.2, 0) is 4.79 Å². The Hall–Kier alpha value is -2.69. The summed E-state index contributed by atoms with van der Waals surface area (Å²) < 4.78 is 0. The van der Waals surface area contributed by atoms with Crippen LogP contribution in [0.2, 0.25) is 0 Å². The lowest BCUT2D eigenvalue weighted by Gasteiger charge is -2.13. The van der Waals surface area contributed by atoms with Gasteiger partial charge in [0.1, 0.15) is 6.04 Å². The van der Waals surface area contributed by atoms with E-state index in [1.807, 2.05) is 43.3 Å². The minimum absolute atomic E-state index is 0.193. The van der Waals surface area contributed by atoms with Crippen molar-refractivity contribution in [3.63, 3.8) is 0 Å². The summed E-state index contributed by atoms with van der Waals surface area (Å²) in [5, 5.41) is 7.06. The lowest BCUT2D eigenvalue weighted by Crippen LogP contribution is -2.34. The topological polar surface area (TPSA) is 66.4 Å². The number of rotatable bonds is 5. The van der Waals surface area contributed by atoms with Crippen LogP contribution in [0.4, 0.5) is 5.69 Å². The largest absolute Gasteiger partial charge is 0.374 e. The van der Waals surface area contributed by atoms with Gasteiger partial charge in [0.2, 0.25) is 0 Å². The number of aryl methyl sites for hydroxylation is 1. The number of carbonyl (C=O) groups excluding carboxylic acids is 1. The number of nitrogens with zero attached hydrogens (tertiary/aromatic N) is 2. The quantitative estimate of drug-likeness (QED) is 0.653. The summed E-state index contributed by atoms with van der Waals surface area (Å²) in [6.45, 7) is 3.80. The van der Waals surface area contributed by atoms with E-state index in [-0.39, 0.29) is 11.9 Å². The molecule has 1 aromatic heterocycles. The molecule has 0 aliphatic carbocycles. The van der Waals surface area contributed by atoms with Crippen molar-refractivity contribution in [1.82, 2.24) is 10.4 Å². The third-order valence-electron chi connectivity index (χ3n) is 2.89. The number of nitrogens with one attached hydrogen (secondary N) is 2. The summed E-state index contributed by atoms with van der Waals surface area (Å²) in [6.07, 6.45) is 4.93. The van der Waals surface area contributed by atoms with Crippen molar-refractivity contribution in [1.29, 1.82) is 0 Å². The Kier molecular flexibility index (Phi) is 5.04. The molecule has 0 aliphatic heterocycles. The first-order valence-corrected chi connectivity index (χ1v) is 6.71. The van der Waals surface area contributed by atoms with Gasteiger partial charge in [-0.1, -0.05) is 12.1 Å². The van der Waals surface area contributed by atoms with Crippen LogP contribution >= 0.6 is 0 Å². The molecule has 5 heteroatoms. The number of pyridine rings is 1. The highest BCUT2D eigenvalue weighted by atomic mass is 16.2. The van der Waals surface area contributed by atoms with E-state index in [0.717, 1.165) is 16.8 Å². The fraction of sp³-hybridized carbons (Fsp3) is 0.188. The van der Waals surface area contributed by atoms with E-state index in [1.54, 1.807) is 25.5 Å². The van der Waals surface area contributed by atoms with Crippen molar-refractivity contribution < 1.29 is 4.79 Å². The first kappa shape index (κ1) is 14.7. The van der Waals surface area contributed by atoms with Crippen molar-refractivity contribution in [3.05, 3.63) is 59.9 Å². The zero-order valence-electron chi connectivity index (χ0n) is 12.1. The van der Waals surface area contributed by atoms with Gasteiger partial charge in [0.25, 0.3) is 5.91 Å². The average molecular weight is 282 g/mol. The third-order valence-corrected chi connectivity index (χ3v) is 2.89. The number of amides is 1. The van der Waals surface area contributed by atoms with Gasteiger partial charge in [0, 0.05) is 18.1 Å². The van der Waals surface area contributed by atoms with Crippen molar-refractivity contribution in [2.24, 2.45) is 5.10 Å². The Bertz CT molecular complexity index is 625. The van der Waals surface area contributed by atoms with Gasteiger partial charge in [-0.25, -0.2) is 5.43 Å². The van der Waals surface area contributed by atoms with E-state index in [2.05, 4.69) is 20.8 Å². The monoisotopic (exact) mass is 282 g/mol. The highest BCUT2D eigenvalue weighted by Gasteiger charge is 2.11. The van der Waals surface area contributed by atoms with Crippen LogP contribution in [-0.4, -0.2) is 23.1 Å². The molecule has 5 nitrogen and oxygen atoms in total. The smallest absolute Gasteiger partial charge is 0.262 e. The molecule has 0 aliphatic rings. The Morgan fingerprint density at radius 2 is 2.05 bits per heavy atom. The van der Waals surface area contributed by atoms with Crippen LogP contribution in [0.15, 0.2) is 53.9 Å². The molecule has 108 valence electrons. The van der Waals surface area contributed by atoms with Crippen molar-refractivity contribution in [3.8, 4) is 0 Å². The maximum Gasteiger partial charge on any atom is 0.262 e. The zero-order valence-corrected chi connectivity index (χ0v) is 12.1. The zero-order chi connectivity index (χ0) is 15.1. The average Bonchev–Trinajstić information content (AvgIpc) is 2.48. The molecule has 2 N–H and O–H groups in total. The minimum Gasteiger partial charge on any atom is -0.374 e. The molecular formula is C16H18N4O. The van der Waals surface area contributed by atoms with Gasteiger partial charge in [-0.15, -0.1) is 0 Å². The second-order valence-corrected chi connectivity index (χ2v) is 4.75. The molecular weight excluding hydrogens is 264 g/mol. The molecule has 1 amide bonds. The standard InChI is InChI=1S/C16H18N4O/c1-12-4-3-5-15(10-12)19-13(2)16(21)20-18-11-14-6-8-17-9-7-14/h3-11,13,19H,1-2H3,(H,20,21)/b18-11-/t13-/m0/s1. The van der Waals surface area contributed by atoms with Crippen LogP contribution in [0.25, 0.3) is 0 Å². The maximum absolute atomic E-state index is 11.9. The molecule has 1 heterocycles. The highest BCUT2D eigenvalue weighted by Crippen LogP contribution is 2.10. The fourth-order valence-corrected chi connectivity index (χ4v) is 1.77. The Labute approximate surface area is 124 Å². The first-order valence-electron chi connectivity index (χ1n) is 6.71. The molecule has 0 spiro atoms. The molecule has 0 radical (unpaired) electrons. The van der Waals surface area contributed by atoms with Crippen molar-refractivity contribution >= 4 is 17.8 Å². The van der Waals surface area contributed by atoms with Crippen LogP contribution in [0.5, 0.6) is 0 Å². The normalized spacial score (nSPS) is 12.1. The van der Waals surface area contributed by atoms with E-state index >= 15 is 0 Å². The minimum atomic E-state index is -0.374. The number of anilines is 1. The Morgan fingerprint density at radius 3 is 2.76 bits per heavy atom. The summed E-state index contributed by atoms with van der Waals surface area (Å²) in [5.74, 6) is -0.193. The van der Waals surface area contributed by atoms with Crippen molar-refractivity contribution in [2.75, 3.05) is 5.32 Å². The lowest BCUT2D eigenvalue weighted by molar-refractivity contribution is -0.121. The maximum atomic E-state index is 11.9. The number of carbonyl (C=O) groups is 1. The Balaban J connectivity index is 1.87. The van der Waals surface area contributed by atoms with Gasteiger partial charge in [0.15, 0.2) is 0 Å². The number of hydrazone groups is 1. The molecule has 0 fully saturated rings. The van der Waals surface area contributed by atoms with Crippen LogP contribution < -0.4 is 10.7 Å². The molecule has 1 atom stereocenters. The second kappa shape index (κ2) is 7.19. The van der Waals surface area contributed by atoms with Gasteiger partial charge >= 0.3 is 0 Å². The van der Waals surface area contributed by atoms with Crippen LogP contribution in [0.1, 0.15) is 18.1 Å². The number of hydrogen-bond donors (Lipinski definition) is 2. The van der Waals surface area contributed by atoms with Gasteiger partial charge < -0.3 is 5.32 Å². The third kappa shape index (κ3) is 4.72. The first-order chi connectivity index (χ1) is 10.1. The lowest BCUT2D eigenvalue weighted by atomic mass is 10.2. The fourth-order valence-electron chi connectivity index (χ4n) is 1.77. The number of aromatic nitrogens is 1. The van der Waals surface area contributed by atoms with E-state index in [9.17, 15) is 4.79 Å². The van der Waals surface area contributed by atoms with Gasteiger partial charge in [0.05, 0.1) is 6.21 Å². The predicted molar refractivity (Wildman–Crippen MR) is 84.2 cm³/mol. The molecule has 2 aromatic rings. The van der Waals surface area contributed by atoms with Crippen LogP contribution in [0.3, 0.4) is 0 Å². The van der Waals surface area contributed by atoms with E-state index < -0.39 is 0 Å². The van der Waals surface area contributed by atoms with Gasteiger partial charge in [-0.05, 0) is 49.2 Å². The van der Waals surface area contributed by atoms with Gasteiger partial charge in [-0.3, -0.25) is 9.78 Å². The number of benzene rings is 1. The SMILES string of the molecule is Cc1cccc(N[C@@H](C)C(=O)N/N=C\c2ccncc2)c1. The summed E-state index contributed by atoms with van der Waals surface area (Å²) in [5.41, 5.74) is 5.45. The molecule has 0 saturated heterocycles. The molecule has 0 unspecified atom stereocenters. The molecule has 2 rings (SSSR count). The van der Waals surface area contributed by atoms with E-state index in [1.165, 1.54) is 0 Å². The molecule has 0 bridgehead atoms.